The second-order valence-corrected chi connectivity index (χ2v) is 13.9. The number of hydrogen-bond acceptors (Lipinski definition) is 6. The Morgan fingerprint density at radius 3 is 2.37 bits per heavy atom. The number of nitrogens with zero attached hydrogens (tertiary/aromatic N) is 1. The number of rotatable bonds is 15. The lowest BCUT2D eigenvalue weighted by atomic mass is 9.89. The maximum atomic E-state index is 13.9. The summed E-state index contributed by atoms with van der Waals surface area (Å²) in [6.07, 6.45) is 4.80. The molecule has 2 aromatic rings. The normalized spacial score (nSPS) is 19.8. The smallest absolute Gasteiger partial charge is 0.153 e. The second kappa shape index (κ2) is 16.4. The van der Waals surface area contributed by atoms with Crippen LogP contribution in [0.2, 0.25) is 0 Å². The molecule has 4 rings (SSSR count). The van der Waals surface area contributed by atoms with E-state index in [1.165, 1.54) is 0 Å². The summed E-state index contributed by atoms with van der Waals surface area (Å²) in [5, 5.41) is 11.1. The van der Waals surface area contributed by atoms with Crippen molar-refractivity contribution in [3.05, 3.63) is 65.7 Å². The van der Waals surface area contributed by atoms with E-state index in [-0.39, 0.29) is 36.6 Å². The third-order valence-electron chi connectivity index (χ3n) is 8.31. The van der Waals surface area contributed by atoms with Gasteiger partial charge in [0.1, 0.15) is 24.3 Å². The van der Waals surface area contributed by atoms with E-state index >= 15 is 0 Å². The quantitative estimate of drug-likeness (QED) is 0.240. The Hall–Kier alpha value is -2.29. The van der Waals surface area contributed by atoms with Crippen molar-refractivity contribution < 1.29 is 27.4 Å². The number of aliphatic hydroxyl groups is 1. The molecule has 0 bridgehead atoms. The summed E-state index contributed by atoms with van der Waals surface area (Å²) < 4.78 is 45.0. The lowest BCUT2D eigenvalue weighted by molar-refractivity contribution is -0.121. The average molecular weight is 590 g/mol. The Kier molecular flexibility index (Phi) is 13.3. The van der Waals surface area contributed by atoms with Crippen molar-refractivity contribution in [3.63, 3.8) is 0 Å². The molecule has 2 aromatic carbocycles. The van der Waals surface area contributed by atoms with Crippen LogP contribution in [0.3, 0.4) is 0 Å². The van der Waals surface area contributed by atoms with E-state index in [9.17, 15) is 22.7 Å². The molecule has 2 fully saturated rings. The van der Waals surface area contributed by atoms with Gasteiger partial charge in [0.05, 0.1) is 17.1 Å². The zero-order valence-electron chi connectivity index (χ0n) is 23.4. The summed E-state index contributed by atoms with van der Waals surface area (Å²) in [5.74, 6) is 0.467. The Morgan fingerprint density at radius 1 is 1.00 bits per heavy atom. The number of carbonyl (C=O) groups is 1. The number of alkyl halides is 1. The van der Waals surface area contributed by atoms with Crippen molar-refractivity contribution >= 4 is 15.6 Å². The van der Waals surface area contributed by atoms with Gasteiger partial charge in [0, 0.05) is 38.4 Å². The molecule has 1 saturated carbocycles. The molecular weight excluding hydrogens is 541 g/mol. The fourth-order valence-electron chi connectivity index (χ4n) is 5.94. The first-order chi connectivity index (χ1) is 19.3. The van der Waals surface area contributed by atoms with E-state index < -0.39 is 22.1 Å². The van der Waals surface area contributed by atoms with Crippen molar-refractivity contribution in [1.29, 1.82) is 0 Å². The number of aliphatic hydroxyl groups excluding tert-OH is 1. The summed E-state index contributed by atoms with van der Waals surface area (Å²) in [4.78, 5) is 14.9. The van der Waals surface area contributed by atoms with Crippen molar-refractivity contribution in [3.8, 4) is 5.75 Å². The molecule has 0 radical (unpaired) electrons. The van der Waals surface area contributed by atoms with Crippen LogP contribution in [0.25, 0.3) is 0 Å². The highest BCUT2D eigenvalue weighted by molar-refractivity contribution is 7.92. The number of halogens is 1. The minimum absolute atomic E-state index is 0. The van der Waals surface area contributed by atoms with Crippen LogP contribution < -0.4 is 4.74 Å². The Labute approximate surface area is 246 Å². The predicted molar refractivity (Wildman–Crippen MR) is 162 cm³/mol. The lowest BCUT2D eigenvalue weighted by Gasteiger charge is -2.27. The van der Waals surface area contributed by atoms with E-state index in [0.29, 0.717) is 63.2 Å². The van der Waals surface area contributed by atoms with Crippen LogP contribution in [0.15, 0.2) is 54.6 Å². The minimum atomic E-state index is -3.10. The number of ketones is 1. The maximum Gasteiger partial charge on any atom is 0.153 e. The molecule has 0 amide bonds. The maximum absolute atomic E-state index is 13.9. The number of sulfone groups is 1. The van der Waals surface area contributed by atoms with E-state index in [0.717, 1.165) is 37.7 Å². The SMILES string of the molecule is C.O=C(CCCCS(=O)(=O)C1CCCCC1)C[C@H](CN1CC[C@@H](F)C1)[C@H](O)c1ccc(OCc2ccccc2)cc1. The standard InChI is InChI=1S/C32H44FNO5S.CH4/c33-28-18-19-34(23-28)22-27(21-29(35)11-7-8-20-40(37,38)31-12-5-2-6-13-31)32(36)26-14-16-30(17-15-26)39-24-25-9-3-1-4-10-25;/h1,3-4,9-10,14-17,27-28,31-32,36H,2,5-8,11-13,18-24H2;1H4/t27-,28-,32-;/m1./s1. The van der Waals surface area contributed by atoms with Crippen molar-refractivity contribution in [2.75, 3.05) is 25.4 Å². The fourth-order valence-corrected chi connectivity index (χ4v) is 7.94. The van der Waals surface area contributed by atoms with Gasteiger partial charge >= 0.3 is 0 Å². The number of ether oxygens (including phenoxy) is 1. The molecule has 228 valence electrons. The summed E-state index contributed by atoms with van der Waals surface area (Å²) in [5.41, 5.74) is 1.76. The number of Topliss-reactive ketones (excluding diaryl/α,β-unsaturated/α-hetero) is 1. The van der Waals surface area contributed by atoms with Crippen LogP contribution in [0.5, 0.6) is 5.75 Å². The summed E-state index contributed by atoms with van der Waals surface area (Å²) in [6, 6.07) is 17.2. The van der Waals surface area contributed by atoms with Gasteiger partial charge in [0.15, 0.2) is 9.84 Å². The third-order valence-corrected chi connectivity index (χ3v) is 10.7. The summed E-state index contributed by atoms with van der Waals surface area (Å²) in [6.45, 7) is 1.82. The average Bonchev–Trinajstić information content (AvgIpc) is 3.39. The molecule has 1 saturated heterocycles. The van der Waals surface area contributed by atoms with Crippen LogP contribution in [0.1, 0.15) is 88.9 Å². The first-order valence-corrected chi connectivity index (χ1v) is 16.6. The molecule has 1 aliphatic heterocycles. The third kappa shape index (κ3) is 10.5. The largest absolute Gasteiger partial charge is 0.489 e. The Balaban J connectivity index is 0.00000462. The summed E-state index contributed by atoms with van der Waals surface area (Å²) >= 11 is 0. The minimum Gasteiger partial charge on any atom is -0.489 e. The van der Waals surface area contributed by atoms with Crippen LogP contribution in [-0.2, 0) is 21.2 Å². The zero-order chi connectivity index (χ0) is 28.4. The number of hydrogen-bond donors (Lipinski definition) is 1. The highest BCUT2D eigenvalue weighted by Gasteiger charge is 2.30. The Bertz CT molecular complexity index is 1150. The molecule has 0 aromatic heterocycles. The summed E-state index contributed by atoms with van der Waals surface area (Å²) in [7, 11) is -3.10. The second-order valence-electron chi connectivity index (χ2n) is 11.5. The number of carbonyl (C=O) groups excluding carboxylic acids is 1. The van der Waals surface area contributed by atoms with Crippen LogP contribution in [-0.4, -0.2) is 61.0 Å². The van der Waals surface area contributed by atoms with Gasteiger partial charge in [-0.2, -0.15) is 0 Å². The van der Waals surface area contributed by atoms with Gasteiger partial charge < -0.3 is 9.84 Å². The molecule has 0 spiro atoms. The Morgan fingerprint density at radius 2 is 1.71 bits per heavy atom. The number of likely N-dealkylation sites (tertiary alicyclic amines) is 1. The fraction of sp³-hybridized carbons (Fsp3) is 0.606. The van der Waals surface area contributed by atoms with Gasteiger partial charge in [0.25, 0.3) is 0 Å². The molecule has 2 aliphatic rings. The van der Waals surface area contributed by atoms with E-state index in [1.54, 1.807) is 0 Å². The molecule has 1 heterocycles. The molecule has 0 unspecified atom stereocenters. The molecule has 1 aliphatic carbocycles. The van der Waals surface area contributed by atoms with Gasteiger partial charge in [0.2, 0.25) is 0 Å². The van der Waals surface area contributed by atoms with E-state index in [1.807, 2.05) is 59.5 Å². The topological polar surface area (TPSA) is 83.9 Å². The number of benzene rings is 2. The first kappa shape index (κ1) is 33.2. The lowest BCUT2D eigenvalue weighted by Crippen LogP contribution is -2.32. The van der Waals surface area contributed by atoms with Gasteiger partial charge in [-0.3, -0.25) is 9.69 Å². The zero-order valence-corrected chi connectivity index (χ0v) is 24.2. The van der Waals surface area contributed by atoms with Crippen molar-refractivity contribution in [1.82, 2.24) is 4.90 Å². The molecule has 6 nitrogen and oxygen atoms in total. The molecule has 8 heteroatoms. The van der Waals surface area contributed by atoms with Crippen molar-refractivity contribution in [2.45, 2.75) is 95.8 Å². The highest BCUT2D eigenvalue weighted by Crippen LogP contribution is 2.30. The molecule has 41 heavy (non-hydrogen) atoms. The van der Waals surface area contributed by atoms with Gasteiger partial charge in [-0.05, 0) is 55.4 Å². The number of unbranched alkanes of at least 4 members (excludes halogenated alkanes) is 1. The van der Waals surface area contributed by atoms with Crippen molar-refractivity contribution in [2.24, 2.45) is 5.92 Å². The van der Waals surface area contributed by atoms with Crippen LogP contribution in [0.4, 0.5) is 4.39 Å². The van der Waals surface area contributed by atoms with Gasteiger partial charge in [-0.25, -0.2) is 12.8 Å². The van der Waals surface area contributed by atoms with Gasteiger partial charge in [-0.15, -0.1) is 0 Å². The predicted octanol–water partition coefficient (Wildman–Crippen LogP) is 6.47. The van der Waals surface area contributed by atoms with Crippen LogP contribution in [0, 0.1) is 5.92 Å². The van der Waals surface area contributed by atoms with E-state index in [4.69, 9.17) is 4.74 Å². The highest BCUT2D eigenvalue weighted by atomic mass is 32.2. The first-order valence-electron chi connectivity index (χ1n) is 14.8. The molecule has 1 N–H and O–H groups in total. The monoisotopic (exact) mass is 589 g/mol. The van der Waals surface area contributed by atoms with Crippen LogP contribution >= 0.6 is 0 Å². The molecule has 3 atom stereocenters. The van der Waals surface area contributed by atoms with Gasteiger partial charge in [-0.1, -0.05) is 69.2 Å². The molecular formula is C33H48FNO5S. The van der Waals surface area contributed by atoms with E-state index in [2.05, 4.69) is 0 Å².